The van der Waals surface area contributed by atoms with Gasteiger partial charge in [0.15, 0.2) is 0 Å². The van der Waals surface area contributed by atoms with Crippen LogP contribution in [0.1, 0.15) is 30.7 Å². The molecule has 8 heteroatoms. The zero-order valence-electron chi connectivity index (χ0n) is 17.8. The molecule has 0 spiro atoms. The Balaban J connectivity index is 1.26. The molecule has 1 aliphatic rings. The van der Waals surface area contributed by atoms with Crippen LogP contribution in [0.5, 0.6) is 0 Å². The Morgan fingerprint density at radius 3 is 2.52 bits per heavy atom. The average molecular weight is 441 g/mol. The van der Waals surface area contributed by atoms with Gasteiger partial charge >= 0.3 is 0 Å². The maximum Gasteiger partial charge on any atom is 0.243 e. The second kappa shape index (κ2) is 9.20. The van der Waals surface area contributed by atoms with E-state index in [0.29, 0.717) is 43.9 Å². The molecule has 164 valence electrons. The molecule has 0 bridgehead atoms. The van der Waals surface area contributed by atoms with Crippen molar-refractivity contribution in [2.45, 2.75) is 44.0 Å². The number of benzene rings is 2. The molecule has 1 amide bonds. The molecule has 0 atom stereocenters. The van der Waals surface area contributed by atoms with Gasteiger partial charge in [0.1, 0.15) is 5.82 Å². The molecule has 1 fully saturated rings. The van der Waals surface area contributed by atoms with Gasteiger partial charge in [-0.3, -0.25) is 4.79 Å². The standard InChI is InChI=1S/C23H28N4O3S/c1-18-25-21-6-2-3-7-22(21)27(18)17-14-24-23(28)13-10-19-8-11-20(12-9-19)31(29,30)26-15-4-5-16-26/h2-3,6-9,11-12H,4-5,10,13-17H2,1H3,(H,24,28). The van der Waals surface area contributed by atoms with Crippen molar-refractivity contribution >= 4 is 27.0 Å². The summed E-state index contributed by atoms with van der Waals surface area (Å²) in [6.07, 6.45) is 2.77. The highest BCUT2D eigenvalue weighted by molar-refractivity contribution is 7.89. The van der Waals surface area contributed by atoms with Gasteiger partial charge in [-0.05, 0) is 56.0 Å². The van der Waals surface area contributed by atoms with E-state index in [1.807, 2.05) is 31.2 Å². The number of carbonyl (C=O) groups is 1. The van der Waals surface area contributed by atoms with Crippen molar-refractivity contribution in [1.29, 1.82) is 0 Å². The zero-order chi connectivity index (χ0) is 21.8. The maximum atomic E-state index is 12.6. The number of aryl methyl sites for hydroxylation is 2. The minimum atomic E-state index is -3.39. The number of hydrogen-bond donors (Lipinski definition) is 1. The van der Waals surface area contributed by atoms with Crippen LogP contribution in [0.15, 0.2) is 53.4 Å². The number of rotatable bonds is 8. The lowest BCUT2D eigenvalue weighted by Crippen LogP contribution is -2.28. The molecule has 0 unspecified atom stereocenters. The van der Waals surface area contributed by atoms with Crippen LogP contribution in [-0.4, -0.2) is 47.8 Å². The molecule has 0 aliphatic carbocycles. The van der Waals surface area contributed by atoms with Gasteiger partial charge < -0.3 is 9.88 Å². The molecule has 1 N–H and O–H groups in total. The monoisotopic (exact) mass is 440 g/mol. The summed E-state index contributed by atoms with van der Waals surface area (Å²) in [6.45, 7) is 4.36. The van der Waals surface area contributed by atoms with E-state index in [9.17, 15) is 13.2 Å². The van der Waals surface area contributed by atoms with Crippen LogP contribution in [0.25, 0.3) is 11.0 Å². The normalized spacial score (nSPS) is 14.9. The van der Waals surface area contributed by atoms with Gasteiger partial charge in [0.25, 0.3) is 0 Å². The number of nitrogens with zero attached hydrogens (tertiary/aromatic N) is 3. The van der Waals surface area contributed by atoms with Crippen LogP contribution < -0.4 is 5.32 Å². The maximum absolute atomic E-state index is 12.6. The molecule has 3 aromatic rings. The lowest BCUT2D eigenvalue weighted by Gasteiger charge is -2.15. The molecule has 31 heavy (non-hydrogen) atoms. The largest absolute Gasteiger partial charge is 0.354 e. The highest BCUT2D eigenvalue weighted by Crippen LogP contribution is 2.21. The third kappa shape index (κ3) is 4.80. The first-order chi connectivity index (χ1) is 14.9. The van der Waals surface area contributed by atoms with Crippen molar-refractivity contribution in [3.05, 3.63) is 59.9 Å². The highest BCUT2D eigenvalue weighted by atomic mass is 32.2. The van der Waals surface area contributed by atoms with Crippen LogP contribution in [0, 0.1) is 6.92 Å². The van der Waals surface area contributed by atoms with Crippen molar-refractivity contribution in [2.75, 3.05) is 19.6 Å². The molecule has 1 aliphatic heterocycles. The quantitative estimate of drug-likeness (QED) is 0.584. The number of hydrogen-bond acceptors (Lipinski definition) is 4. The van der Waals surface area contributed by atoms with Gasteiger partial charge in [-0.1, -0.05) is 24.3 Å². The Bertz CT molecular complexity index is 1160. The Labute approximate surface area is 183 Å². The number of sulfonamides is 1. The summed E-state index contributed by atoms with van der Waals surface area (Å²) in [5.74, 6) is 0.912. The van der Waals surface area contributed by atoms with Crippen LogP contribution >= 0.6 is 0 Å². The van der Waals surface area contributed by atoms with E-state index in [0.717, 1.165) is 35.3 Å². The lowest BCUT2D eigenvalue weighted by molar-refractivity contribution is -0.121. The van der Waals surface area contributed by atoms with Crippen LogP contribution in [0.4, 0.5) is 0 Å². The minimum absolute atomic E-state index is 0.0177. The summed E-state index contributed by atoms with van der Waals surface area (Å²) in [4.78, 5) is 17.1. The molecule has 4 rings (SSSR count). The summed E-state index contributed by atoms with van der Waals surface area (Å²) in [6, 6.07) is 14.9. The molecule has 0 radical (unpaired) electrons. The van der Waals surface area contributed by atoms with E-state index < -0.39 is 10.0 Å². The number of imidazole rings is 1. The summed E-state index contributed by atoms with van der Waals surface area (Å²) in [5, 5.41) is 2.97. The van der Waals surface area contributed by atoms with Crippen molar-refractivity contribution < 1.29 is 13.2 Å². The molecular formula is C23H28N4O3S. The second-order valence-corrected chi connectivity index (χ2v) is 9.84. The highest BCUT2D eigenvalue weighted by Gasteiger charge is 2.26. The van der Waals surface area contributed by atoms with Gasteiger partial charge in [-0.2, -0.15) is 4.31 Å². The first-order valence-electron chi connectivity index (χ1n) is 10.7. The van der Waals surface area contributed by atoms with E-state index >= 15 is 0 Å². The summed E-state index contributed by atoms with van der Waals surface area (Å²) in [5.41, 5.74) is 2.98. The molecule has 2 heterocycles. The molecule has 2 aromatic carbocycles. The van der Waals surface area contributed by atoms with Gasteiger partial charge in [-0.15, -0.1) is 0 Å². The summed E-state index contributed by atoms with van der Waals surface area (Å²) < 4.78 is 28.8. The first-order valence-corrected chi connectivity index (χ1v) is 12.2. The Hall–Kier alpha value is -2.71. The number of para-hydroxylation sites is 2. The van der Waals surface area contributed by atoms with Crippen LogP contribution in [-0.2, 0) is 27.8 Å². The SMILES string of the molecule is Cc1nc2ccccc2n1CCNC(=O)CCc1ccc(S(=O)(=O)N2CCCC2)cc1. The Kier molecular flexibility index (Phi) is 6.38. The molecule has 7 nitrogen and oxygen atoms in total. The second-order valence-electron chi connectivity index (χ2n) is 7.90. The topological polar surface area (TPSA) is 84.3 Å². The van der Waals surface area contributed by atoms with Gasteiger partial charge in [0.05, 0.1) is 15.9 Å². The van der Waals surface area contributed by atoms with Crippen LogP contribution in [0.3, 0.4) is 0 Å². The first kappa shape index (κ1) is 21.5. The number of carbonyl (C=O) groups excluding carboxylic acids is 1. The average Bonchev–Trinajstić information content (AvgIpc) is 3.41. The van der Waals surface area contributed by atoms with Crippen molar-refractivity contribution in [1.82, 2.24) is 19.2 Å². The molecular weight excluding hydrogens is 412 g/mol. The summed E-state index contributed by atoms with van der Waals surface area (Å²) >= 11 is 0. The smallest absolute Gasteiger partial charge is 0.243 e. The van der Waals surface area contributed by atoms with E-state index in [-0.39, 0.29) is 5.91 Å². The fourth-order valence-electron chi connectivity index (χ4n) is 4.04. The fourth-order valence-corrected chi connectivity index (χ4v) is 5.55. The van der Waals surface area contributed by atoms with E-state index in [1.165, 1.54) is 0 Å². The number of nitrogens with one attached hydrogen (secondary N) is 1. The zero-order valence-corrected chi connectivity index (χ0v) is 18.6. The third-order valence-electron chi connectivity index (χ3n) is 5.77. The molecule has 0 saturated carbocycles. The molecule has 1 aromatic heterocycles. The van der Waals surface area contributed by atoms with Crippen molar-refractivity contribution in [3.63, 3.8) is 0 Å². The van der Waals surface area contributed by atoms with E-state index in [4.69, 9.17) is 0 Å². The number of fused-ring (bicyclic) bond motifs is 1. The third-order valence-corrected chi connectivity index (χ3v) is 7.68. The van der Waals surface area contributed by atoms with Crippen molar-refractivity contribution in [2.24, 2.45) is 0 Å². The van der Waals surface area contributed by atoms with Crippen LogP contribution in [0.2, 0.25) is 0 Å². The fraction of sp³-hybridized carbons (Fsp3) is 0.391. The van der Waals surface area contributed by atoms with E-state index in [2.05, 4.69) is 14.9 Å². The van der Waals surface area contributed by atoms with Crippen molar-refractivity contribution in [3.8, 4) is 0 Å². The van der Waals surface area contributed by atoms with Gasteiger partial charge in [0.2, 0.25) is 15.9 Å². The van der Waals surface area contributed by atoms with Gasteiger partial charge in [-0.25, -0.2) is 13.4 Å². The number of amides is 1. The predicted molar refractivity (Wildman–Crippen MR) is 120 cm³/mol. The molecule has 1 saturated heterocycles. The predicted octanol–water partition coefficient (Wildman–Crippen LogP) is 2.88. The van der Waals surface area contributed by atoms with E-state index in [1.54, 1.807) is 28.6 Å². The number of aromatic nitrogens is 2. The summed E-state index contributed by atoms with van der Waals surface area (Å²) in [7, 11) is -3.39. The minimum Gasteiger partial charge on any atom is -0.354 e. The Morgan fingerprint density at radius 2 is 1.77 bits per heavy atom. The Morgan fingerprint density at radius 1 is 1.06 bits per heavy atom. The van der Waals surface area contributed by atoms with Gasteiger partial charge in [0, 0.05) is 32.6 Å². The lowest BCUT2D eigenvalue weighted by atomic mass is 10.1.